The molecule has 110 valence electrons. The summed E-state index contributed by atoms with van der Waals surface area (Å²) in [6, 6.07) is 2.07. The molecule has 2 atom stereocenters. The highest BCUT2D eigenvalue weighted by Crippen LogP contribution is 2.30. The molecular formula is C16H24N2OS. The third-order valence-corrected chi connectivity index (χ3v) is 5.42. The Hall–Kier alpha value is -0.870. The Morgan fingerprint density at radius 2 is 2.20 bits per heavy atom. The Balaban J connectivity index is 1.58. The molecule has 0 bridgehead atoms. The van der Waals surface area contributed by atoms with Crippen LogP contribution in [0.4, 0.5) is 0 Å². The summed E-state index contributed by atoms with van der Waals surface area (Å²) in [5.41, 5.74) is 1.23. The first-order valence-electron chi connectivity index (χ1n) is 7.84. The Morgan fingerprint density at radius 1 is 1.40 bits per heavy atom. The van der Waals surface area contributed by atoms with E-state index in [0.717, 1.165) is 18.9 Å². The maximum absolute atomic E-state index is 12.3. The zero-order valence-corrected chi connectivity index (χ0v) is 13.0. The number of amides is 1. The van der Waals surface area contributed by atoms with E-state index in [1.807, 2.05) is 11.8 Å². The fraction of sp³-hybridized carbons (Fsp3) is 0.688. The lowest BCUT2D eigenvalue weighted by atomic mass is 10.0. The average Bonchev–Trinajstić information content (AvgIpc) is 3.15. The van der Waals surface area contributed by atoms with Gasteiger partial charge in [0.15, 0.2) is 0 Å². The van der Waals surface area contributed by atoms with Crippen molar-refractivity contribution in [2.24, 2.45) is 5.92 Å². The minimum absolute atomic E-state index is 0.0496. The summed E-state index contributed by atoms with van der Waals surface area (Å²) >= 11 is 1.70. The molecule has 2 unspecified atom stereocenters. The molecule has 20 heavy (non-hydrogen) atoms. The molecule has 1 aliphatic carbocycles. The summed E-state index contributed by atoms with van der Waals surface area (Å²) in [7, 11) is 0. The number of hydrogen-bond acceptors (Lipinski definition) is 3. The molecule has 2 aliphatic rings. The van der Waals surface area contributed by atoms with E-state index in [1.165, 1.54) is 37.7 Å². The monoisotopic (exact) mass is 292 g/mol. The smallest absolute Gasteiger partial charge is 0.241 e. The number of carbonyl (C=O) groups excluding carboxylic acids is 1. The maximum atomic E-state index is 12.3. The molecule has 1 aromatic heterocycles. The Bertz CT molecular complexity index is 439. The highest BCUT2D eigenvalue weighted by Gasteiger charge is 2.36. The van der Waals surface area contributed by atoms with Crippen LogP contribution >= 0.6 is 11.3 Å². The van der Waals surface area contributed by atoms with Gasteiger partial charge in [0.1, 0.15) is 6.17 Å². The van der Waals surface area contributed by atoms with Crippen LogP contribution in [-0.4, -0.2) is 23.4 Å². The molecule has 1 saturated carbocycles. The molecule has 1 amide bonds. The Labute approximate surface area is 125 Å². The van der Waals surface area contributed by atoms with Crippen LogP contribution in [-0.2, 0) is 4.79 Å². The standard InChI is InChI=1S/C16H24N2OS/c1-12-16(19)18(9-4-7-13-5-2-3-6-13)15(17-12)14-8-10-20-11-14/h8,10-13,15,17H,2-7,9H2,1H3. The van der Waals surface area contributed by atoms with Gasteiger partial charge in [-0.15, -0.1) is 0 Å². The first-order chi connectivity index (χ1) is 9.75. The van der Waals surface area contributed by atoms with Gasteiger partial charge in [0, 0.05) is 6.54 Å². The van der Waals surface area contributed by atoms with Gasteiger partial charge in [-0.25, -0.2) is 0 Å². The van der Waals surface area contributed by atoms with Crippen LogP contribution in [0.5, 0.6) is 0 Å². The van der Waals surface area contributed by atoms with Gasteiger partial charge in [-0.2, -0.15) is 11.3 Å². The van der Waals surface area contributed by atoms with E-state index >= 15 is 0 Å². The van der Waals surface area contributed by atoms with Crippen molar-refractivity contribution in [1.82, 2.24) is 10.2 Å². The van der Waals surface area contributed by atoms with Crippen LogP contribution in [0.25, 0.3) is 0 Å². The number of hydrogen-bond donors (Lipinski definition) is 1. The van der Waals surface area contributed by atoms with Gasteiger partial charge in [0.25, 0.3) is 0 Å². The minimum atomic E-state index is -0.0496. The van der Waals surface area contributed by atoms with Crippen LogP contribution in [0.15, 0.2) is 16.8 Å². The second-order valence-electron chi connectivity index (χ2n) is 6.17. The van der Waals surface area contributed by atoms with E-state index in [0.29, 0.717) is 0 Å². The van der Waals surface area contributed by atoms with Crippen molar-refractivity contribution in [3.05, 3.63) is 22.4 Å². The topological polar surface area (TPSA) is 32.3 Å². The normalized spacial score (nSPS) is 27.6. The van der Waals surface area contributed by atoms with Gasteiger partial charge in [0.2, 0.25) is 5.91 Å². The lowest BCUT2D eigenvalue weighted by Crippen LogP contribution is -2.31. The molecule has 3 rings (SSSR count). The molecule has 4 heteroatoms. The summed E-state index contributed by atoms with van der Waals surface area (Å²) in [4.78, 5) is 14.3. The average molecular weight is 292 g/mol. The van der Waals surface area contributed by atoms with Gasteiger partial charge >= 0.3 is 0 Å². The van der Waals surface area contributed by atoms with E-state index in [1.54, 1.807) is 11.3 Å². The molecule has 1 aromatic rings. The SMILES string of the molecule is CC1NC(c2ccsc2)N(CCCC2CCCC2)C1=O. The quantitative estimate of drug-likeness (QED) is 0.900. The van der Waals surface area contributed by atoms with Gasteiger partial charge < -0.3 is 4.90 Å². The zero-order chi connectivity index (χ0) is 13.9. The van der Waals surface area contributed by atoms with Crippen LogP contribution < -0.4 is 5.32 Å². The highest BCUT2D eigenvalue weighted by atomic mass is 32.1. The Morgan fingerprint density at radius 3 is 2.90 bits per heavy atom. The second-order valence-corrected chi connectivity index (χ2v) is 6.95. The molecule has 2 heterocycles. The zero-order valence-electron chi connectivity index (χ0n) is 12.2. The van der Waals surface area contributed by atoms with Crippen molar-refractivity contribution in [2.45, 2.75) is 57.7 Å². The molecule has 1 aliphatic heterocycles. The number of nitrogens with zero attached hydrogens (tertiary/aromatic N) is 1. The summed E-state index contributed by atoms with van der Waals surface area (Å²) in [6.45, 7) is 2.87. The Kier molecular flexibility index (Phi) is 4.41. The van der Waals surface area contributed by atoms with E-state index in [4.69, 9.17) is 0 Å². The molecule has 3 nitrogen and oxygen atoms in total. The van der Waals surface area contributed by atoms with Crippen LogP contribution in [0.3, 0.4) is 0 Å². The summed E-state index contributed by atoms with van der Waals surface area (Å²) < 4.78 is 0. The molecule has 0 radical (unpaired) electrons. The summed E-state index contributed by atoms with van der Waals surface area (Å²) in [5.74, 6) is 1.17. The highest BCUT2D eigenvalue weighted by molar-refractivity contribution is 7.07. The molecular weight excluding hydrogens is 268 g/mol. The third kappa shape index (κ3) is 2.91. The van der Waals surface area contributed by atoms with Crippen LogP contribution in [0.2, 0.25) is 0 Å². The molecule has 0 aromatic carbocycles. The van der Waals surface area contributed by atoms with E-state index < -0.39 is 0 Å². The van der Waals surface area contributed by atoms with Gasteiger partial charge in [-0.1, -0.05) is 25.7 Å². The van der Waals surface area contributed by atoms with Gasteiger partial charge in [-0.05, 0) is 48.1 Å². The predicted octanol–water partition coefficient (Wildman–Crippen LogP) is 3.54. The number of thiophene rings is 1. The van der Waals surface area contributed by atoms with E-state index in [2.05, 4.69) is 22.1 Å². The number of carbonyl (C=O) groups is 1. The van der Waals surface area contributed by atoms with Crippen molar-refractivity contribution in [1.29, 1.82) is 0 Å². The van der Waals surface area contributed by atoms with Gasteiger partial charge in [0.05, 0.1) is 6.04 Å². The van der Waals surface area contributed by atoms with Crippen LogP contribution in [0, 0.1) is 5.92 Å². The summed E-state index contributed by atoms with van der Waals surface area (Å²) in [5, 5.41) is 7.65. The fourth-order valence-corrected chi connectivity index (χ4v) is 4.25. The lowest BCUT2D eigenvalue weighted by molar-refractivity contribution is -0.129. The molecule has 1 saturated heterocycles. The van der Waals surface area contributed by atoms with Crippen molar-refractivity contribution < 1.29 is 4.79 Å². The molecule has 0 spiro atoms. The first kappa shape index (κ1) is 14.1. The van der Waals surface area contributed by atoms with Crippen molar-refractivity contribution in [3.63, 3.8) is 0 Å². The number of nitrogens with one attached hydrogen (secondary N) is 1. The molecule has 2 fully saturated rings. The van der Waals surface area contributed by atoms with Gasteiger partial charge in [-0.3, -0.25) is 10.1 Å². The third-order valence-electron chi connectivity index (χ3n) is 4.72. The minimum Gasteiger partial charge on any atom is -0.322 e. The lowest BCUT2D eigenvalue weighted by Gasteiger charge is -2.24. The van der Waals surface area contributed by atoms with Crippen molar-refractivity contribution >= 4 is 17.2 Å². The van der Waals surface area contributed by atoms with E-state index in [9.17, 15) is 4.79 Å². The van der Waals surface area contributed by atoms with Crippen molar-refractivity contribution in [2.75, 3.05) is 6.54 Å². The van der Waals surface area contributed by atoms with E-state index in [-0.39, 0.29) is 18.1 Å². The number of rotatable bonds is 5. The molecule has 1 N–H and O–H groups in total. The maximum Gasteiger partial charge on any atom is 0.241 e. The van der Waals surface area contributed by atoms with Crippen LogP contribution in [0.1, 0.15) is 57.2 Å². The first-order valence-corrected chi connectivity index (χ1v) is 8.78. The van der Waals surface area contributed by atoms with Crippen molar-refractivity contribution in [3.8, 4) is 0 Å². The largest absolute Gasteiger partial charge is 0.322 e. The fourth-order valence-electron chi connectivity index (χ4n) is 3.57. The summed E-state index contributed by atoms with van der Waals surface area (Å²) in [6.07, 6.45) is 8.13. The second kappa shape index (κ2) is 6.27. The predicted molar refractivity (Wildman–Crippen MR) is 82.6 cm³/mol.